The van der Waals surface area contributed by atoms with Crippen LogP contribution in [0.25, 0.3) is 0 Å². The SMILES string of the molecule is CC(C)(C)OC(=O)N1C(CCC=O)COC1(C)C.CC(C)C. The van der Waals surface area contributed by atoms with Crippen molar-refractivity contribution in [3.8, 4) is 0 Å². The molecule has 0 spiro atoms. The number of rotatable bonds is 3. The summed E-state index contributed by atoms with van der Waals surface area (Å²) in [6, 6.07) is -0.0972. The molecule has 1 fully saturated rings. The fraction of sp³-hybridized carbons (Fsp3) is 0.882. The molecule has 0 aromatic carbocycles. The number of amides is 1. The Kier molecular flexibility index (Phi) is 8.09. The number of nitrogens with zero attached hydrogens (tertiary/aromatic N) is 1. The van der Waals surface area contributed by atoms with E-state index >= 15 is 0 Å². The second-order valence-corrected chi connectivity index (χ2v) is 7.74. The fourth-order valence-electron chi connectivity index (χ4n) is 2.04. The van der Waals surface area contributed by atoms with Gasteiger partial charge in [-0.05, 0) is 47.0 Å². The maximum Gasteiger partial charge on any atom is 0.412 e. The number of aldehydes is 1. The first-order chi connectivity index (χ1) is 9.90. The number of carbonyl (C=O) groups excluding carboxylic acids is 2. The van der Waals surface area contributed by atoms with Gasteiger partial charge in [-0.15, -0.1) is 0 Å². The van der Waals surface area contributed by atoms with E-state index in [1.54, 1.807) is 4.90 Å². The van der Waals surface area contributed by atoms with Crippen LogP contribution in [-0.4, -0.2) is 41.3 Å². The van der Waals surface area contributed by atoms with Crippen LogP contribution in [0.3, 0.4) is 0 Å². The van der Waals surface area contributed by atoms with Gasteiger partial charge in [-0.2, -0.15) is 0 Å². The van der Waals surface area contributed by atoms with E-state index in [-0.39, 0.29) is 12.1 Å². The van der Waals surface area contributed by atoms with Crippen molar-refractivity contribution in [1.29, 1.82) is 0 Å². The highest BCUT2D eigenvalue weighted by atomic mass is 16.6. The molecule has 1 amide bonds. The topological polar surface area (TPSA) is 55.8 Å². The molecule has 0 bridgehead atoms. The van der Waals surface area contributed by atoms with Crippen molar-refractivity contribution in [2.45, 2.75) is 85.6 Å². The largest absolute Gasteiger partial charge is 0.444 e. The van der Waals surface area contributed by atoms with Gasteiger partial charge in [-0.25, -0.2) is 4.79 Å². The van der Waals surface area contributed by atoms with Crippen molar-refractivity contribution in [3.63, 3.8) is 0 Å². The molecular formula is C17H33NO4. The Hall–Kier alpha value is -1.10. The third-order valence-electron chi connectivity index (χ3n) is 2.78. The summed E-state index contributed by atoms with van der Waals surface area (Å²) in [6.07, 6.45) is 1.50. The lowest BCUT2D eigenvalue weighted by atomic mass is 10.1. The van der Waals surface area contributed by atoms with Gasteiger partial charge in [0.2, 0.25) is 0 Å². The van der Waals surface area contributed by atoms with Crippen LogP contribution in [-0.2, 0) is 14.3 Å². The van der Waals surface area contributed by atoms with Crippen molar-refractivity contribution >= 4 is 12.4 Å². The molecule has 0 saturated carbocycles. The van der Waals surface area contributed by atoms with Gasteiger partial charge in [0.25, 0.3) is 0 Å². The van der Waals surface area contributed by atoms with E-state index in [0.717, 1.165) is 12.2 Å². The molecule has 5 nitrogen and oxygen atoms in total. The first-order valence-electron chi connectivity index (χ1n) is 8.00. The van der Waals surface area contributed by atoms with Crippen LogP contribution < -0.4 is 0 Å². The van der Waals surface area contributed by atoms with Crippen LogP contribution in [0.2, 0.25) is 0 Å². The van der Waals surface area contributed by atoms with E-state index in [4.69, 9.17) is 9.47 Å². The molecule has 22 heavy (non-hydrogen) atoms. The van der Waals surface area contributed by atoms with Gasteiger partial charge in [-0.1, -0.05) is 20.8 Å². The normalized spacial score (nSPS) is 20.4. The summed E-state index contributed by atoms with van der Waals surface area (Å²) >= 11 is 0. The molecule has 1 heterocycles. The molecule has 1 aliphatic rings. The van der Waals surface area contributed by atoms with Gasteiger partial charge in [0, 0.05) is 6.42 Å². The van der Waals surface area contributed by atoms with Crippen LogP contribution in [0.1, 0.15) is 68.2 Å². The summed E-state index contributed by atoms with van der Waals surface area (Å²) in [5, 5.41) is 0. The lowest BCUT2D eigenvalue weighted by Crippen LogP contribution is -2.49. The second kappa shape index (κ2) is 8.51. The minimum atomic E-state index is -0.685. The Morgan fingerprint density at radius 2 is 1.86 bits per heavy atom. The van der Waals surface area contributed by atoms with Gasteiger partial charge < -0.3 is 14.3 Å². The van der Waals surface area contributed by atoms with Crippen LogP contribution in [0.4, 0.5) is 4.79 Å². The fourth-order valence-corrected chi connectivity index (χ4v) is 2.04. The Morgan fingerprint density at radius 1 is 1.36 bits per heavy atom. The maximum atomic E-state index is 12.2. The van der Waals surface area contributed by atoms with E-state index in [9.17, 15) is 9.59 Å². The van der Waals surface area contributed by atoms with Gasteiger partial charge in [0.05, 0.1) is 12.6 Å². The average Bonchev–Trinajstić information content (AvgIpc) is 2.58. The number of hydrogen-bond donors (Lipinski definition) is 0. The van der Waals surface area contributed by atoms with Gasteiger partial charge >= 0.3 is 6.09 Å². The summed E-state index contributed by atoms with van der Waals surface area (Å²) in [4.78, 5) is 24.2. The summed E-state index contributed by atoms with van der Waals surface area (Å²) in [7, 11) is 0. The van der Waals surface area contributed by atoms with E-state index < -0.39 is 11.3 Å². The first-order valence-corrected chi connectivity index (χ1v) is 8.00. The summed E-state index contributed by atoms with van der Waals surface area (Å²) < 4.78 is 11.0. The smallest absolute Gasteiger partial charge is 0.412 e. The minimum absolute atomic E-state index is 0.0972. The molecular weight excluding hydrogens is 282 g/mol. The highest BCUT2D eigenvalue weighted by molar-refractivity contribution is 5.69. The molecule has 1 atom stereocenters. The molecule has 0 N–H and O–H groups in total. The van der Waals surface area contributed by atoms with Gasteiger partial charge in [0.1, 0.15) is 17.6 Å². The molecule has 1 unspecified atom stereocenters. The van der Waals surface area contributed by atoms with E-state index in [2.05, 4.69) is 20.8 Å². The standard InChI is InChI=1S/C13H23NO4.C4H10/c1-12(2,3)18-11(16)14-10(7-6-8-15)9-17-13(14,4)5;1-4(2)3/h8,10H,6-7,9H2,1-5H3;4H,1-3H3. The maximum absolute atomic E-state index is 12.2. The van der Waals surface area contributed by atoms with Crippen LogP contribution in [0, 0.1) is 5.92 Å². The molecule has 0 aliphatic carbocycles. The molecule has 5 heteroatoms. The number of carbonyl (C=O) groups is 2. The lowest BCUT2D eigenvalue weighted by Gasteiger charge is -2.35. The molecule has 0 aromatic rings. The number of hydrogen-bond acceptors (Lipinski definition) is 4. The molecule has 0 radical (unpaired) electrons. The van der Waals surface area contributed by atoms with Crippen molar-refractivity contribution < 1.29 is 19.1 Å². The summed E-state index contributed by atoms with van der Waals surface area (Å²) in [6.45, 7) is 16.1. The Balaban J connectivity index is 0.000000980. The van der Waals surface area contributed by atoms with Crippen molar-refractivity contribution in [2.24, 2.45) is 5.92 Å². The third kappa shape index (κ3) is 7.78. The quantitative estimate of drug-likeness (QED) is 0.739. The molecule has 1 rings (SSSR count). The first kappa shape index (κ1) is 20.9. The molecule has 0 aromatic heterocycles. The zero-order valence-electron chi connectivity index (χ0n) is 15.4. The Morgan fingerprint density at radius 3 is 2.27 bits per heavy atom. The molecule has 1 saturated heterocycles. The van der Waals surface area contributed by atoms with Gasteiger partial charge in [-0.3, -0.25) is 4.90 Å². The monoisotopic (exact) mass is 315 g/mol. The van der Waals surface area contributed by atoms with E-state index in [1.165, 1.54) is 0 Å². The summed E-state index contributed by atoms with van der Waals surface area (Å²) in [5.41, 5.74) is -1.22. The number of ether oxygens (including phenoxy) is 2. The minimum Gasteiger partial charge on any atom is -0.444 e. The third-order valence-corrected chi connectivity index (χ3v) is 2.78. The zero-order chi connectivity index (χ0) is 17.6. The van der Waals surface area contributed by atoms with Crippen molar-refractivity contribution in [3.05, 3.63) is 0 Å². The highest BCUT2D eigenvalue weighted by Gasteiger charge is 2.45. The predicted octanol–water partition coefficient (Wildman–Crippen LogP) is 4.00. The highest BCUT2D eigenvalue weighted by Crippen LogP contribution is 2.31. The van der Waals surface area contributed by atoms with Crippen LogP contribution in [0.15, 0.2) is 0 Å². The van der Waals surface area contributed by atoms with Crippen LogP contribution >= 0.6 is 0 Å². The second-order valence-electron chi connectivity index (χ2n) is 7.74. The van der Waals surface area contributed by atoms with Crippen LogP contribution in [0.5, 0.6) is 0 Å². The Labute approximate surface area is 135 Å². The van der Waals surface area contributed by atoms with Crippen molar-refractivity contribution in [2.75, 3.05) is 6.61 Å². The predicted molar refractivity (Wildman–Crippen MR) is 87.7 cm³/mol. The van der Waals surface area contributed by atoms with E-state index in [0.29, 0.717) is 19.4 Å². The average molecular weight is 315 g/mol. The van der Waals surface area contributed by atoms with E-state index in [1.807, 2.05) is 34.6 Å². The van der Waals surface area contributed by atoms with Gasteiger partial charge in [0.15, 0.2) is 0 Å². The lowest BCUT2D eigenvalue weighted by molar-refractivity contribution is -0.108. The molecule has 130 valence electrons. The molecule has 1 aliphatic heterocycles. The zero-order valence-corrected chi connectivity index (χ0v) is 15.4. The summed E-state index contributed by atoms with van der Waals surface area (Å²) in [5.74, 6) is 0.833. The Bertz CT molecular complexity index is 355. The van der Waals surface area contributed by atoms with Crippen molar-refractivity contribution in [1.82, 2.24) is 4.90 Å².